The number of carbonyl (C=O) groups is 1. The molecule has 5 heteroatoms. The number of hydrogen-bond donors (Lipinski definition) is 1. The van der Waals surface area contributed by atoms with Gasteiger partial charge in [-0.3, -0.25) is 4.79 Å². The standard InChI is InChI=1S/C19H22N4O/c1-13-5-3-6-15-18(13)21-17(20-15)10-12-22(2)19(24)16-7-4-11-23(16)14-8-9-14/h3-7,11,14H,8-10,12H2,1-2H3,(H,20,21). The lowest BCUT2D eigenvalue weighted by molar-refractivity contribution is 0.0785. The fourth-order valence-corrected chi connectivity index (χ4v) is 3.16. The zero-order valence-corrected chi connectivity index (χ0v) is 14.1. The Labute approximate surface area is 141 Å². The number of nitrogens with one attached hydrogen (secondary N) is 1. The van der Waals surface area contributed by atoms with Crippen molar-refractivity contribution < 1.29 is 4.79 Å². The fourth-order valence-electron chi connectivity index (χ4n) is 3.16. The zero-order chi connectivity index (χ0) is 16.7. The Morgan fingerprint density at radius 1 is 1.33 bits per heavy atom. The summed E-state index contributed by atoms with van der Waals surface area (Å²) in [5.41, 5.74) is 4.04. The molecule has 5 nitrogen and oxygen atoms in total. The number of imidazole rings is 1. The lowest BCUT2D eigenvalue weighted by Crippen LogP contribution is -2.30. The fraction of sp³-hybridized carbons (Fsp3) is 0.368. The van der Waals surface area contributed by atoms with Crippen molar-refractivity contribution in [3.8, 4) is 0 Å². The highest BCUT2D eigenvalue weighted by Crippen LogP contribution is 2.36. The molecule has 1 N–H and O–H groups in total. The third-order valence-corrected chi connectivity index (χ3v) is 4.73. The Morgan fingerprint density at radius 3 is 2.92 bits per heavy atom. The maximum absolute atomic E-state index is 12.7. The number of carbonyl (C=O) groups excluding carboxylic acids is 1. The Morgan fingerprint density at radius 2 is 2.17 bits per heavy atom. The van der Waals surface area contributed by atoms with Gasteiger partial charge >= 0.3 is 0 Å². The summed E-state index contributed by atoms with van der Waals surface area (Å²) in [6, 6.07) is 10.5. The van der Waals surface area contributed by atoms with E-state index in [9.17, 15) is 4.79 Å². The predicted molar refractivity (Wildman–Crippen MR) is 94.2 cm³/mol. The summed E-state index contributed by atoms with van der Waals surface area (Å²) in [4.78, 5) is 22.5. The third-order valence-electron chi connectivity index (χ3n) is 4.73. The molecule has 1 aromatic carbocycles. The molecular weight excluding hydrogens is 300 g/mol. The Kier molecular flexibility index (Phi) is 3.63. The number of aromatic amines is 1. The van der Waals surface area contributed by atoms with E-state index in [4.69, 9.17) is 0 Å². The van der Waals surface area contributed by atoms with Crippen molar-refractivity contribution in [3.63, 3.8) is 0 Å². The summed E-state index contributed by atoms with van der Waals surface area (Å²) in [5.74, 6) is 1.01. The van der Waals surface area contributed by atoms with Crippen LogP contribution in [0.15, 0.2) is 36.5 Å². The van der Waals surface area contributed by atoms with Crippen molar-refractivity contribution in [2.24, 2.45) is 0 Å². The monoisotopic (exact) mass is 322 g/mol. The number of likely N-dealkylation sites (N-methyl/N-ethyl adjacent to an activating group) is 1. The van der Waals surface area contributed by atoms with Gasteiger partial charge in [0.25, 0.3) is 5.91 Å². The van der Waals surface area contributed by atoms with Crippen LogP contribution in [0.4, 0.5) is 0 Å². The molecule has 124 valence electrons. The van der Waals surface area contributed by atoms with E-state index in [0.29, 0.717) is 12.6 Å². The van der Waals surface area contributed by atoms with Crippen LogP contribution in [-0.4, -0.2) is 38.9 Å². The highest BCUT2D eigenvalue weighted by Gasteiger charge is 2.27. The van der Waals surface area contributed by atoms with Crippen molar-refractivity contribution in [3.05, 3.63) is 53.6 Å². The van der Waals surface area contributed by atoms with Crippen LogP contribution >= 0.6 is 0 Å². The molecule has 24 heavy (non-hydrogen) atoms. The Hall–Kier alpha value is -2.56. The summed E-state index contributed by atoms with van der Waals surface area (Å²) in [5, 5.41) is 0. The highest BCUT2D eigenvalue weighted by molar-refractivity contribution is 5.92. The van der Waals surface area contributed by atoms with Crippen molar-refractivity contribution >= 4 is 16.9 Å². The molecule has 0 spiro atoms. The van der Waals surface area contributed by atoms with Crippen LogP contribution in [0.25, 0.3) is 11.0 Å². The van der Waals surface area contributed by atoms with Crippen LogP contribution in [0.5, 0.6) is 0 Å². The summed E-state index contributed by atoms with van der Waals surface area (Å²) in [6.45, 7) is 2.71. The number of H-pyrrole nitrogens is 1. The number of aromatic nitrogens is 3. The maximum Gasteiger partial charge on any atom is 0.270 e. The molecular formula is C19H22N4O. The number of rotatable bonds is 5. The van der Waals surface area contributed by atoms with E-state index >= 15 is 0 Å². The van der Waals surface area contributed by atoms with Crippen LogP contribution in [0, 0.1) is 6.92 Å². The first-order valence-corrected chi connectivity index (χ1v) is 8.50. The average Bonchev–Trinajstić information content (AvgIpc) is 3.15. The second-order valence-corrected chi connectivity index (χ2v) is 6.66. The molecule has 0 aliphatic heterocycles. The van der Waals surface area contributed by atoms with E-state index < -0.39 is 0 Å². The molecule has 0 unspecified atom stereocenters. The average molecular weight is 322 g/mol. The van der Waals surface area contributed by atoms with Gasteiger partial charge in [-0.2, -0.15) is 0 Å². The molecule has 0 saturated heterocycles. The molecule has 3 aromatic rings. The van der Waals surface area contributed by atoms with Gasteiger partial charge in [-0.15, -0.1) is 0 Å². The minimum absolute atomic E-state index is 0.0826. The van der Waals surface area contributed by atoms with Crippen molar-refractivity contribution in [1.29, 1.82) is 0 Å². The van der Waals surface area contributed by atoms with Crippen molar-refractivity contribution in [1.82, 2.24) is 19.4 Å². The number of amides is 1. The topological polar surface area (TPSA) is 53.9 Å². The summed E-state index contributed by atoms with van der Waals surface area (Å²) in [7, 11) is 1.86. The molecule has 0 atom stereocenters. The van der Waals surface area contributed by atoms with Gasteiger partial charge < -0.3 is 14.5 Å². The van der Waals surface area contributed by atoms with Gasteiger partial charge in [0.2, 0.25) is 0 Å². The number of nitrogens with zero attached hydrogens (tertiary/aromatic N) is 3. The van der Waals surface area contributed by atoms with E-state index in [2.05, 4.69) is 27.5 Å². The largest absolute Gasteiger partial charge is 0.342 e. The summed E-state index contributed by atoms with van der Waals surface area (Å²) < 4.78 is 2.11. The summed E-state index contributed by atoms with van der Waals surface area (Å²) in [6.07, 6.45) is 5.09. The molecule has 0 bridgehead atoms. The number of para-hydroxylation sites is 1. The van der Waals surface area contributed by atoms with Crippen LogP contribution in [0.1, 0.15) is 40.8 Å². The minimum Gasteiger partial charge on any atom is -0.342 e. The molecule has 1 aliphatic carbocycles. The lowest BCUT2D eigenvalue weighted by Gasteiger charge is -2.17. The SMILES string of the molecule is Cc1cccc2[nH]c(CCN(C)C(=O)c3cccn3C3CC3)nc12. The minimum atomic E-state index is 0.0826. The zero-order valence-electron chi connectivity index (χ0n) is 14.1. The first kappa shape index (κ1) is 15.0. The smallest absolute Gasteiger partial charge is 0.270 e. The molecule has 1 fully saturated rings. The number of aryl methyl sites for hydroxylation is 1. The summed E-state index contributed by atoms with van der Waals surface area (Å²) >= 11 is 0. The quantitative estimate of drug-likeness (QED) is 0.783. The molecule has 1 aliphatic rings. The van der Waals surface area contributed by atoms with Crippen LogP contribution in [-0.2, 0) is 6.42 Å². The van der Waals surface area contributed by atoms with E-state index in [1.165, 1.54) is 18.4 Å². The van der Waals surface area contributed by atoms with Gasteiger partial charge in [0.15, 0.2) is 0 Å². The first-order valence-electron chi connectivity index (χ1n) is 8.50. The van der Waals surface area contributed by atoms with Gasteiger partial charge in [-0.1, -0.05) is 12.1 Å². The van der Waals surface area contributed by atoms with Crippen LogP contribution in [0.2, 0.25) is 0 Å². The number of fused-ring (bicyclic) bond motifs is 1. The van der Waals surface area contributed by atoms with Crippen molar-refractivity contribution in [2.45, 2.75) is 32.2 Å². The van der Waals surface area contributed by atoms with Gasteiger partial charge in [-0.05, 0) is 43.5 Å². The van der Waals surface area contributed by atoms with E-state index in [1.807, 2.05) is 37.5 Å². The van der Waals surface area contributed by atoms with Crippen molar-refractivity contribution in [2.75, 3.05) is 13.6 Å². The number of benzene rings is 1. The second kappa shape index (κ2) is 5.82. The molecule has 1 amide bonds. The Bertz CT molecular complexity index is 888. The third kappa shape index (κ3) is 2.70. The van der Waals surface area contributed by atoms with Gasteiger partial charge in [0, 0.05) is 32.3 Å². The molecule has 1 saturated carbocycles. The molecule has 2 heterocycles. The van der Waals surface area contributed by atoms with Gasteiger partial charge in [0.1, 0.15) is 11.5 Å². The second-order valence-electron chi connectivity index (χ2n) is 6.66. The van der Waals surface area contributed by atoms with E-state index in [1.54, 1.807) is 4.90 Å². The Balaban J connectivity index is 1.45. The maximum atomic E-state index is 12.7. The van der Waals surface area contributed by atoms with Gasteiger partial charge in [-0.25, -0.2) is 4.98 Å². The first-order chi connectivity index (χ1) is 11.6. The van der Waals surface area contributed by atoms with Crippen LogP contribution in [0.3, 0.4) is 0 Å². The molecule has 2 aromatic heterocycles. The van der Waals surface area contributed by atoms with E-state index in [-0.39, 0.29) is 5.91 Å². The van der Waals surface area contributed by atoms with E-state index in [0.717, 1.165) is 29.0 Å². The number of hydrogen-bond acceptors (Lipinski definition) is 2. The van der Waals surface area contributed by atoms with Crippen LogP contribution < -0.4 is 0 Å². The normalized spacial score (nSPS) is 14.2. The molecule has 4 rings (SSSR count). The lowest BCUT2D eigenvalue weighted by atomic mass is 10.2. The molecule has 0 radical (unpaired) electrons. The van der Waals surface area contributed by atoms with Gasteiger partial charge in [0.05, 0.1) is 11.0 Å². The highest BCUT2D eigenvalue weighted by atomic mass is 16.2. The predicted octanol–water partition coefficient (Wildman–Crippen LogP) is 3.32.